The highest BCUT2D eigenvalue weighted by atomic mass is 32.1. The third-order valence-corrected chi connectivity index (χ3v) is 3.55. The fourth-order valence-electron chi connectivity index (χ4n) is 1.65. The quantitative estimate of drug-likeness (QED) is 0.866. The lowest BCUT2D eigenvalue weighted by Crippen LogP contribution is -2.30. The second kappa shape index (κ2) is 6.33. The van der Waals surface area contributed by atoms with Gasteiger partial charge >= 0.3 is 0 Å². The number of aliphatic hydroxyl groups is 1. The van der Waals surface area contributed by atoms with Crippen LogP contribution >= 0.6 is 11.3 Å². The molecule has 0 spiro atoms. The molecule has 0 aliphatic carbocycles. The van der Waals surface area contributed by atoms with Gasteiger partial charge in [-0.1, -0.05) is 36.4 Å². The molecule has 0 bridgehead atoms. The lowest BCUT2D eigenvalue weighted by Gasteiger charge is -2.11. The van der Waals surface area contributed by atoms with E-state index in [4.69, 9.17) is 0 Å². The zero-order chi connectivity index (χ0) is 12.8. The molecule has 1 aromatic heterocycles. The molecule has 0 fully saturated rings. The molecule has 2 aromatic rings. The normalized spacial score (nSPS) is 12.1. The van der Waals surface area contributed by atoms with Gasteiger partial charge in [-0.25, -0.2) is 0 Å². The van der Waals surface area contributed by atoms with Gasteiger partial charge in [0.05, 0.1) is 0 Å². The van der Waals surface area contributed by atoms with E-state index in [0.29, 0.717) is 12.1 Å². The first kappa shape index (κ1) is 12.8. The van der Waals surface area contributed by atoms with Gasteiger partial charge in [0.2, 0.25) is 0 Å². The molecule has 2 N–H and O–H groups in total. The first-order valence-corrected chi connectivity index (χ1v) is 6.68. The van der Waals surface area contributed by atoms with E-state index in [0.717, 1.165) is 6.42 Å². The molecular formula is C14H15NO2S. The summed E-state index contributed by atoms with van der Waals surface area (Å²) in [6.07, 6.45) is -0.292. The number of aliphatic hydroxyl groups excluding tert-OH is 1. The number of carbonyl (C=O) groups excluding carboxylic acids is 1. The summed E-state index contributed by atoms with van der Waals surface area (Å²) >= 11 is 1.67. The van der Waals surface area contributed by atoms with Crippen LogP contribution in [0, 0.1) is 0 Å². The van der Waals surface area contributed by atoms with Gasteiger partial charge in [0.1, 0.15) is 0 Å². The standard InChI is InChI=1S/C14H15NO2S/c16-13(11-5-2-1-3-6-11)14(17)15-9-8-12-7-4-10-18-12/h1-7,10,13,16H,8-9H2,(H,15,17). The number of amides is 1. The van der Waals surface area contributed by atoms with Crippen molar-refractivity contribution < 1.29 is 9.90 Å². The third kappa shape index (κ3) is 3.42. The van der Waals surface area contributed by atoms with Crippen LogP contribution < -0.4 is 5.32 Å². The highest BCUT2D eigenvalue weighted by molar-refractivity contribution is 7.09. The Labute approximate surface area is 110 Å². The average Bonchev–Trinajstić information content (AvgIpc) is 2.92. The second-order valence-corrected chi connectivity index (χ2v) is 4.97. The smallest absolute Gasteiger partial charge is 0.253 e. The van der Waals surface area contributed by atoms with Crippen LogP contribution in [0.5, 0.6) is 0 Å². The highest BCUT2D eigenvalue weighted by Crippen LogP contribution is 2.12. The molecule has 1 aromatic carbocycles. The Morgan fingerprint density at radius 2 is 2.00 bits per heavy atom. The van der Waals surface area contributed by atoms with E-state index in [9.17, 15) is 9.90 Å². The number of carbonyl (C=O) groups is 1. The van der Waals surface area contributed by atoms with Crippen molar-refractivity contribution in [3.8, 4) is 0 Å². The predicted molar refractivity (Wildman–Crippen MR) is 72.4 cm³/mol. The molecule has 94 valence electrons. The van der Waals surface area contributed by atoms with Gasteiger partial charge in [-0.05, 0) is 23.4 Å². The first-order valence-electron chi connectivity index (χ1n) is 5.80. The summed E-state index contributed by atoms with van der Waals surface area (Å²) in [7, 11) is 0. The third-order valence-electron chi connectivity index (χ3n) is 2.61. The Balaban J connectivity index is 1.81. The van der Waals surface area contributed by atoms with Crippen LogP contribution in [0.25, 0.3) is 0 Å². The molecule has 4 heteroatoms. The summed E-state index contributed by atoms with van der Waals surface area (Å²) in [6.45, 7) is 0.545. The summed E-state index contributed by atoms with van der Waals surface area (Å²) in [5.41, 5.74) is 0.617. The minimum Gasteiger partial charge on any atom is -0.378 e. The van der Waals surface area contributed by atoms with Crippen molar-refractivity contribution in [2.45, 2.75) is 12.5 Å². The van der Waals surface area contributed by atoms with Crippen LogP contribution in [-0.2, 0) is 11.2 Å². The zero-order valence-corrected chi connectivity index (χ0v) is 10.7. The fraction of sp³-hybridized carbons (Fsp3) is 0.214. The molecule has 0 radical (unpaired) electrons. The summed E-state index contributed by atoms with van der Waals surface area (Å²) in [6, 6.07) is 13.0. The Morgan fingerprint density at radius 1 is 1.22 bits per heavy atom. The molecule has 0 saturated carbocycles. The van der Waals surface area contributed by atoms with Crippen molar-refractivity contribution in [3.05, 3.63) is 58.3 Å². The summed E-state index contributed by atoms with van der Waals surface area (Å²) < 4.78 is 0. The first-order chi connectivity index (χ1) is 8.77. The van der Waals surface area contributed by atoms with Crippen molar-refractivity contribution in [2.24, 2.45) is 0 Å². The van der Waals surface area contributed by atoms with Crippen molar-refractivity contribution in [1.29, 1.82) is 0 Å². The molecule has 3 nitrogen and oxygen atoms in total. The minimum atomic E-state index is -1.09. The van der Waals surface area contributed by atoms with Gasteiger partial charge in [-0.3, -0.25) is 4.79 Å². The SMILES string of the molecule is O=C(NCCc1cccs1)C(O)c1ccccc1. The van der Waals surface area contributed by atoms with E-state index in [1.54, 1.807) is 35.6 Å². The lowest BCUT2D eigenvalue weighted by molar-refractivity contribution is -0.129. The summed E-state index contributed by atoms with van der Waals surface area (Å²) in [5.74, 6) is -0.349. The van der Waals surface area contributed by atoms with Crippen molar-refractivity contribution in [1.82, 2.24) is 5.32 Å². The van der Waals surface area contributed by atoms with Crippen LogP contribution in [0.3, 0.4) is 0 Å². The van der Waals surface area contributed by atoms with E-state index in [1.165, 1.54) is 4.88 Å². The number of rotatable bonds is 5. The number of thiophene rings is 1. The summed E-state index contributed by atoms with van der Waals surface area (Å²) in [4.78, 5) is 12.9. The molecule has 0 aliphatic rings. The number of hydrogen-bond donors (Lipinski definition) is 2. The molecular weight excluding hydrogens is 246 g/mol. The Hall–Kier alpha value is -1.65. The topological polar surface area (TPSA) is 49.3 Å². The van der Waals surface area contributed by atoms with Crippen molar-refractivity contribution >= 4 is 17.2 Å². The maximum absolute atomic E-state index is 11.7. The predicted octanol–water partition coefficient (Wildman–Crippen LogP) is 2.14. The Morgan fingerprint density at radius 3 is 2.67 bits per heavy atom. The molecule has 0 saturated heterocycles. The summed E-state index contributed by atoms with van der Waals surface area (Å²) in [5, 5.41) is 14.6. The van der Waals surface area contributed by atoms with Crippen LogP contribution in [0.1, 0.15) is 16.5 Å². The van der Waals surface area contributed by atoms with Gasteiger partial charge in [-0.15, -0.1) is 11.3 Å². The van der Waals surface area contributed by atoms with Crippen molar-refractivity contribution in [3.63, 3.8) is 0 Å². The van der Waals surface area contributed by atoms with E-state index in [-0.39, 0.29) is 5.91 Å². The maximum atomic E-state index is 11.7. The molecule has 1 unspecified atom stereocenters. The van der Waals surface area contributed by atoms with E-state index in [1.807, 2.05) is 23.6 Å². The van der Waals surface area contributed by atoms with E-state index in [2.05, 4.69) is 5.32 Å². The molecule has 1 amide bonds. The average molecular weight is 261 g/mol. The highest BCUT2D eigenvalue weighted by Gasteiger charge is 2.15. The Bertz CT molecular complexity index is 482. The van der Waals surface area contributed by atoms with Gasteiger partial charge in [-0.2, -0.15) is 0 Å². The number of benzene rings is 1. The van der Waals surface area contributed by atoms with Crippen LogP contribution in [0.15, 0.2) is 47.8 Å². The van der Waals surface area contributed by atoms with Crippen LogP contribution in [-0.4, -0.2) is 17.6 Å². The number of nitrogens with one attached hydrogen (secondary N) is 1. The number of hydrogen-bond acceptors (Lipinski definition) is 3. The second-order valence-electron chi connectivity index (χ2n) is 3.93. The molecule has 2 rings (SSSR count). The van der Waals surface area contributed by atoms with Crippen LogP contribution in [0.2, 0.25) is 0 Å². The lowest BCUT2D eigenvalue weighted by atomic mass is 10.1. The van der Waals surface area contributed by atoms with Gasteiger partial charge in [0, 0.05) is 11.4 Å². The molecule has 18 heavy (non-hydrogen) atoms. The van der Waals surface area contributed by atoms with Gasteiger partial charge in [0.25, 0.3) is 5.91 Å². The minimum absolute atomic E-state index is 0.349. The Kier molecular flexibility index (Phi) is 4.50. The fourth-order valence-corrected chi connectivity index (χ4v) is 2.36. The zero-order valence-electron chi connectivity index (χ0n) is 9.87. The van der Waals surface area contributed by atoms with E-state index < -0.39 is 6.10 Å². The van der Waals surface area contributed by atoms with Crippen molar-refractivity contribution in [2.75, 3.05) is 6.54 Å². The maximum Gasteiger partial charge on any atom is 0.253 e. The van der Waals surface area contributed by atoms with Gasteiger partial charge in [0.15, 0.2) is 6.10 Å². The van der Waals surface area contributed by atoms with Crippen LogP contribution in [0.4, 0.5) is 0 Å². The molecule has 1 heterocycles. The monoisotopic (exact) mass is 261 g/mol. The van der Waals surface area contributed by atoms with E-state index >= 15 is 0 Å². The molecule has 0 aliphatic heterocycles. The molecule has 1 atom stereocenters. The largest absolute Gasteiger partial charge is 0.378 e. The van der Waals surface area contributed by atoms with Gasteiger partial charge < -0.3 is 10.4 Å².